The van der Waals surface area contributed by atoms with Crippen molar-refractivity contribution in [3.8, 4) is 5.75 Å². The normalized spacial score (nSPS) is 22.0. The minimum Gasteiger partial charge on any atom is -0.492 e. The first-order chi connectivity index (χ1) is 15.4. The second-order valence-corrected chi connectivity index (χ2v) is 8.95. The van der Waals surface area contributed by atoms with Crippen LogP contribution in [-0.2, 0) is 10.2 Å². The second-order valence-electron chi connectivity index (χ2n) is 8.95. The Balaban J connectivity index is 1.40. The quantitative estimate of drug-likeness (QED) is 0.738. The molecule has 1 aromatic heterocycles. The first-order valence-electron chi connectivity index (χ1n) is 11.4. The number of nitrogen functional groups attached to an aromatic ring is 1. The summed E-state index contributed by atoms with van der Waals surface area (Å²) in [6, 6.07) is 9.33. The summed E-state index contributed by atoms with van der Waals surface area (Å²) in [7, 11) is 0. The van der Waals surface area contributed by atoms with Crippen LogP contribution in [0.3, 0.4) is 0 Å². The van der Waals surface area contributed by atoms with Gasteiger partial charge in [-0.05, 0) is 38.0 Å². The van der Waals surface area contributed by atoms with Crippen molar-refractivity contribution in [1.82, 2.24) is 19.8 Å². The van der Waals surface area contributed by atoms with Crippen LogP contribution in [0.2, 0.25) is 0 Å². The van der Waals surface area contributed by atoms with Crippen molar-refractivity contribution in [1.29, 1.82) is 0 Å². The molecular formula is C24H33N5O3. The summed E-state index contributed by atoms with van der Waals surface area (Å²) >= 11 is 0. The number of anilines is 1. The Morgan fingerprint density at radius 1 is 1.22 bits per heavy atom. The number of nitrogens with zero attached hydrogens (tertiary/aromatic N) is 4. The zero-order valence-corrected chi connectivity index (χ0v) is 19.0. The summed E-state index contributed by atoms with van der Waals surface area (Å²) in [5.41, 5.74) is 7.26. The van der Waals surface area contributed by atoms with E-state index in [0.717, 1.165) is 63.7 Å². The Morgan fingerprint density at radius 3 is 2.81 bits per heavy atom. The fraction of sp³-hybridized carbons (Fsp3) is 0.542. The van der Waals surface area contributed by atoms with Gasteiger partial charge in [0.2, 0.25) is 0 Å². The lowest BCUT2D eigenvalue weighted by molar-refractivity contribution is 0.0322. The number of rotatable bonds is 6. The van der Waals surface area contributed by atoms with Gasteiger partial charge in [-0.25, -0.2) is 9.97 Å². The summed E-state index contributed by atoms with van der Waals surface area (Å²) < 4.78 is 11.3. The largest absolute Gasteiger partial charge is 0.492 e. The lowest BCUT2D eigenvalue weighted by Crippen LogP contribution is -2.47. The van der Waals surface area contributed by atoms with Crippen LogP contribution in [0.4, 0.5) is 5.82 Å². The van der Waals surface area contributed by atoms with E-state index >= 15 is 0 Å². The van der Waals surface area contributed by atoms with Crippen LogP contribution in [0, 0.1) is 6.92 Å². The number of aromatic nitrogens is 2. The molecule has 2 aromatic rings. The molecule has 8 heteroatoms. The lowest BCUT2D eigenvalue weighted by Gasteiger charge is -2.40. The highest BCUT2D eigenvalue weighted by molar-refractivity contribution is 5.94. The Bertz CT molecular complexity index is 927. The van der Waals surface area contributed by atoms with E-state index in [9.17, 15) is 4.79 Å². The van der Waals surface area contributed by atoms with Gasteiger partial charge in [-0.1, -0.05) is 13.0 Å². The molecule has 2 saturated heterocycles. The van der Waals surface area contributed by atoms with Gasteiger partial charge in [0.25, 0.3) is 5.91 Å². The van der Waals surface area contributed by atoms with Gasteiger partial charge < -0.3 is 20.1 Å². The smallest absolute Gasteiger partial charge is 0.254 e. The number of amides is 1. The average Bonchev–Trinajstić information content (AvgIpc) is 2.79. The molecule has 32 heavy (non-hydrogen) atoms. The number of carbonyl (C=O) groups excluding carboxylic acids is 1. The monoisotopic (exact) mass is 439 g/mol. The zero-order chi connectivity index (χ0) is 22.6. The third-order valence-corrected chi connectivity index (χ3v) is 6.32. The maximum absolute atomic E-state index is 13.3. The minimum absolute atomic E-state index is 0.0216. The number of carbonyl (C=O) groups is 1. The summed E-state index contributed by atoms with van der Waals surface area (Å²) in [4.78, 5) is 26.4. The fourth-order valence-corrected chi connectivity index (χ4v) is 4.54. The fourth-order valence-electron chi connectivity index (χ4n) is 4.54. The van der Waals surface area contributed by atoms with Crippen LogP contribution >= 0.6 is 0 Å². The number of hydrogen-bond donors (Lipinski definition) is 1. The third-order valence-electron chi connectivity index (χ3n) is 6.32. The zero-order valence-electron chi connectivity index (χ0n) is 19.0. The maximum atomic E-state index is 13.3. The van der Waals surface area contributed by atoms with Crippen molar-refractivity contribution >= 4 is 11.7 Å². The standard InChI is InChI=1S/C24H33N5O3/c1-18-26-21(16-22(25)27-18)24(2)7-4-8-29(17-24)23(30)19-5-3-6-20(15-19)32-14-11-28-9-12-31-13-10-28/h3,5-6,15-16H,4,7-14,17H2,1-2H3,(H2,25,26,27)/t24-/m1/s1. The Morgan fingerprint density at radius 2 is 2.03 bits per heavy atom. The summed E-state index contributed by atoms with van der Waals surface area (Å²) in [5, 5.41) is 0. The van der Waals surface area contributed by atoms with Crippen LogP contribution in [-0.4, -0.2) is 78.2 Å². The molecule has 1 aromatic carbocycles. The van der Waals surface area contributed by atoms with Gasteiger partial charge in [-0.2, -0.15) is 0 Å². The summed E-state index contributed by atoms with van der Waals surface area (Å²) in [5.74, 6) is 1.88. The van der Waals surface area contributed by atoms with Crippen molar-refractivity contribution in [3.63, 3.8) is 0 Å². The number of likely N-dealkylation sites (tertiary alicyclic amines) is 1. The summed E-state index contributed by atoms with van der Waals surface area (Å²) in [6.07, 6.45) is 1.87. The van der Waals surface area contributed by atoms with Crippen LogP contribution in [0.5, 0.6) is 5.75 Å². The van der Waals surface area contributed by atoms with E-state index in [1.807, 2.05) is 42.2 Å². The maximum Gasteiger partial charge on any atom is 0.254 e. The van der Waals surface area contributed by atoms with Gasteiger partial charge in [0.1, 0.15) is 24.0 Å². The molecule has 0 bridgehead atoms. The van der Waals surface area contributed by atoms with E-state index < -0.39 is 0 Å². The molecule has 8 nitrogen and oxygen atoms in total. The van der Waals surface area contributed by atoms with Crippen molar-refractivity contribution in [3.05, 3.63) is 47.4 Å². The van der Waals surface area contributed by atoms with E-state index in [1.165, 1.54) is 0 Å². The van der Waals surface area contributed by atoms with E-state index in [1.54, 1.807) is 0 Å². The van der Waals surface area contributed by atoms with Crippen LogP contribution in [0.25, 0.3) is 0 Å². The molecule has 1 amide bonds. The number of piperidine rings is 1. The molecule has 0 radical (unpaired) electrons. The molecule has 2 fully saturated rings. The van der Waals surface area contributed by atoms with Crippen LogP contribution in [0.15, 0.2) is 30.3 Å². The average molecular weight is 440 g/mol. The molecule has 0 spiro atoms. The number of morpholine rings is 1. The first kappa shape index (κ1) is 22.5. The van der Waals surface area contributed by atoms with Crippen molar-refractivity contribution in [2.75, 3.05) is 58.3 Å². The Kier molecular flexibility index (Phi) is 6.91. The number of nitrogens with two attached hydrogens (primary N) is 1. The molecule has 172 valence electrons. The van der Waals surface area contributed by atoms with E-state index in [-0.39, 0.29) is 11.3 Å². The van der Waals surface area contributed by atoms with Gasteiger partial charge in [0, 0.05) is 49.8 Å². The molecule has 2 N–H and O–H groups in total. The van der Waals surface area contributed by atoms with Gasteiger partial charge in [-0.15, -0.1) is 0 Å². The molecular weight excluding hydrogens is 406 g/mol. The highest BCUT2D eigenvalue weighted by Gasteiger charge is 2.36. The second kappa shape index (κ2) is 9.83. The van der Waals surface area contributed by atoms with Crippen LogP contribution in [0.1, 0.15) is 41.6 Å². The van der Waals surface area contributed by atoms with Crippen molar-refractivity contribution < 1.29 is 14.3 Å². The highest BCUT2D eigenvalue weighted by atomic mass is 16.5. The minimum atomic E-state index is -0.248. The van der Waals surface area contributed by atoms with Gasteiger partial charge in [0.15, 0.2) is 0 Å². The van der Waals surface area contributed by atoms with E-state index in [4.69, 9.17) is 15.2 Å². The molecule has 2 aliphatic rings. The van der Waals surface area contributed by atoms with E-state index in [2.05, 4.69) is 21.8 Å². The number of aryl methyl sites for hydroxylation is 1. The highest BCUT2D eigenvalue weighted by Crippen LogP contribution is 2.34. The SMILES string of the molecule is Cc1nc(N)cc([C@]2(C)CCCN(C(=O)c3cccc(OCCN4CCOCC4)c3)C2)n1. The number of benzene rings is 1. The first-order valence-corrected chi connectivity index (χ1v) is 11.4. The predicted octanol–water partition coefficient (Wildman–Crippen LogP) is 2.27. The molecule has 2 aliphatic heterocycles. The van der Waals surface area contributed by atoms with E-state index in [0.29, 0.717) is 30.4 Å². The van der Waals surface area contributed by atoms with Gasteiger partial charge in [0.05, 0.1) is 18.9 Å². The predicted molar refractivity (Wildman–Crippen MR) is 123 cm³/mol. The van der Waals surface area contributed by atoms with Crippen molar-refractivity contribution in [2.24, 2.45) is 0 Å². The molecule has 4 rings (SSSR count). The molecule has 0 unspecified atom stereocenters. The molecule has 0 saturated carbocycles. The molecule has 3 heterocycles. The van der Waals surface area contributed by atoms with Gasteiger partial charge >= 0.3 is 0 Å². The molecule has 1 atom stereocenters. The third kappa shape index (κ3) is 5.37. The molecule has 0 aliphatic carbocycles. The number of ether oxygens (including phenoxy) is 2. The van der Waals surface area contributed by atoms with Crippen LogP contribution < -0.4 is 10.5 Å². The topological polar surface area (TPSA) is 93.8 Å². The Hall–Kier alpha value is -2.71. The van der Waals surface area contributed by atoms with Crippen molar-refractivity contribution in [2.45, 2.75) is 32.1 Å². The summed E-state index contributed by atoms with van der Waals surface area (Å²) in [6.45, 7) is 10.2. The Labute approximate surface area is 189 Å². The number of hydrogen-bond acceptors (Lipinski definition) is 7. The van der Waals surface area contributed by atoms with Gasteiger partial charge in [-0.3, -0.25) is 9.69 Å². The lowest BCUT2D eigenvalue weighted by atomic mass is 9.78.